The number of anilines is 1. The summed E-state index contributed by atoms with van der Waals surface area (Å²) >= 11 is 0. The van der Waals surface area contributed by atoms with E-state index in [9.17, 15) is 31.5 Å². The maximum atomic E-state index is 12.9. The Hall–Kier alpha value is -2.79. The Labute approximate surface area is 171 Å². The first kappa shape index (κ1) is 21.9. The van der Waals surface area contributed by atoms with Crippen molar-refractivity contribution >= 4 is 21.7 Å². The van der Waals surface area contributed by atoms with E-state index in [1.165, 1.54) is 22.5 Å². The number of halogens is 3. The van der Waals surface area contributed by atoms with Gasteiger partial charge in [-0.25, -0.2) is 8.42 Å². The molecule has 0 amide bonds. The minimum atomic E-state index is -4.42. The van der Waals surface area contributed by atoms with Crippen LogP contribution in [0.5, 0.6) is 5.75 Å². The summed E-state index contributed by atoms with van der Waals surface area (Å²) in [5.74, 6) is -1.51. The molecule has 3 rings (SSSR count). The first-order valence-electron chi connectivity index (χ1n) is 8.94. The molecule has 0 aromatic heterocycles. The predicted molar refractivity (Wildman–Crippen MR) is 102 cm³/mol. The van der Waals surface area contributed by atoms with Crippen molar-refractivity contribution in [2.45, 2.75) is 17.5 Å². The fourth-order valence-electron chi connectivity index (χ4n) is 3.22. The van der Waals surface area contributed by atoms with Crippen LogP contribution in [0.15, 0.2) is 47.4 Å². The third-order valence-corrected chi connectivity index (χ3v) is 6.72. The zero-order chi connectivity index (χ0) is 22.1. The Morgan fingerprint density at radius 2 is 1.60 bits per heavy atom. The van der Waals surface area contributed by atoms with Crippen molar-refractivity contribution in [2.75, 3.05) is 31.1 Å². The van der Waals surface area contributed by atoms with Crippen LogP contribution in [-0.2, 0) is 27.4 Å². The third-order valence-electron chi connectivity index (χ3n) is 4.83. The number of benzene rings is 2. The molecule has 1 aliphatic heterocycles. The number of rotatable bonds is 5. The van der Waals surface area contributed by atoms with Crippen LogP contribution in [-0.4, -0.2) is 55.1 Å². The molecule has 1 saturated heterocycles. The number of sulfonamides is 1. The first-order chi connectivity index (χ1) is 14.0. The van der Waals surface area contributed by atoms with Gasteiger partial charge in [-0.05, 0) is 42.5 Å². The second kappa shape index (κ2) is 8.15. The van der Waals surface area contributed by atoms with Crippen LogP contribution in [0, 0.1) is 0 Å². The van der Waals surface area contributed by atoms with Crippen LogP contribution in [0.25, 0.3) is 0 Å². The van der Waals surface area contributed by atoms with Crippen LogP contribution in [0.1, 0.15) is 11.1 Å². The first-order valence-corrected chi connectivity index (χ1v) is 10.4. The topological polar surface area (TPSA) is 98.1 Å². The highest BCUT2D eigenvalue weighted by molar-refractivity contribution is 7.89. The molecule has 0 unspecified atom stereocenters. The second-order valence-electron chi connectivity index (χ2n) is 6.80. The highest BCUT2D eigenvalue weighted by Gasteiger charge is 2.31. The lowest BCUT2D eigenvalue weighted by atomic mass is 10.1. The van der Waals surface area contributed by atoms with Crippen molar-refractivity contribution in [3.05, 3.63) is 53.6 Å². The van der Waals surface area contributed by atoms with Crippen molar-refractivity contribution in [1.82, 2.24) is 4.31 Å². The summed E-state index contributed by atoms with van der Waals surface area (Å²) in [4.78, 5) is 12.6. The monoisotopic (exact) mass is 444 g/mol. The number of carbonyl (C=O) groups is 1. The van der Waals surface area contributed by atoms with Gasteiger partial charge < -0.3 is 15.1 Å². The number of carboxylic acids is 1. The molecule has 30 heavy (non-hydrogen) atoms. The number of piperazine rings is 1. The quantitative estimate of drug-likeness (QED) is 0.736. The molecule has 2 aromatic carbocycles. The van der Waals surface area contributed by atoms with Gasteiger partial charge in [0.1, 0.15) is 5.75 Å². The summed E-state index contributed by atoms with van der Waals surface area (Å²) in [6, 6.07) is 8.16. The molecule has 1 heterocycles. The number of alkyl halides is 3. The van der Waals surface area contributed by atoms with Gasteiger partial charge in [0.15, 0.2) is 0 Å². The highest BCUT2D eigenvalue weighted by Crippen LogP contribution is 2.31. The Bertz CT molecular complexity index is 1030. The molecule has 0 radical (unpaired) electrons. The molecule has 0 saturated carbocycles. The van der Waals surface area contributed by atoms with E-state index < -0.39 is 34.2 Å². The number of phenolic OH excluding ortho intramolecular Hbond substituents is 1. The summed E-state index contributed by atoms with van der Waals surface area (Å²) in [5.41, 5.74) is -0.197. The molecule has 0 spiro atoms. The summed E-state index contributed by atoms with van der Waals surface area (Å²) in [7, 11) is -3.91. The van der Waals surface area contributed by atoms with Gasteiger partial charge in [-0.2, -0.15) is 17.5 Å². The highest BCUT2D eigenvalue weighted by atomic mass is 32.2. The van der Waals surface area contributed by atoms with E-state index in [4.69, 9.17) is 5.11 Å². The van der Waals surface area contributed by atoms with Crippen LogP contribution in [0.2, 0.25) is 0 Å². The SMILES string of the molecule is O=C(O)Cc1cc(S(=O)(=O)N2CCN(c3ccc(C(F)(F)F)cc3)CC2)ccc1O. The number of aromatic hydroxyl groups is 1. The Morgan fingerprint density at radius 1 is 1.00 bits per heavy atom. The molecule has 162 valence electrons. The van der Waals surface area contributed by atoms with Gasteiger partial charge in [0, 0.05) is 37.4 Å². The van der Waals surface area contributed by atoms with E-state index in [-0.39, 0.29) is 42.4 Å². The van der Waals surface area contributed by atoms with E-state index in [2.05, 4.69) is 0 Å². The molecule has 2 aromatic rings. The zero-order valence-corrected chi connectivity index (χ0v) is 16.4. The molecular weight excluding hydrogens is 425 g/mol. The fraction of sp³-hybridized carbons (Fsp3) is 0.316. The Morgan fingerprint density at radius 3 is 2.13 bits per heavy atom. The normalized spacial score (nSPS) is 15.9. The molecular formula is C19H19F3N2O5S. The van der Waals surface area contributed by atoms with Gasteiger partial charge in [-0.1, -0.05) is 0 Å². The maximum absolute atomic E-state index is 12.9. The molecule has 11 heteroatoms. The van der Waals surface area contributed by atoms with Crippen molar-refractivity contribution in [3.63, 3.8) is 0 Å². The molecule has 0 bridgehead atoms. The number of hydrogen-bond donors (Lipinski definition) is 2. The molecule has 0 atom stereocenters. The van der Waals surface area contributed by atoms with Crippen molar-refractivity contribution < 1.29 is 36.6 Å². The third kappa shape index (κ3) is 4.68. The van der Waals surface area contributed by atoms with Crippen molar-refractivity contribution in [1.29, 1.82) is 0 Å². The van der Waals surface area contributed by atoms with Crippen LogP contribution < -0.4 is 4.90 Å². The van der Waals surface area contributed by atoms with Gasteiger partial charge in [-0.3, -0.25) is 4.79 Å². The zero-order valence-electron chi connectivity index (χ0n) is 15.6. The maximum Gasteiger partial charge on any atom is 0.416 e. The van der Waals surface area contributed by atoms with Crippen molar-refractivity contribution in [3.8, 4) is 5.75 Å². The fourth-order valence-corrected chi connectivity index (χ4v) is 4.70. The lowest BCUT2D eigenvalue weighted by Crippen LogP contribution is -2.48. The van der Waals surface area contributed by atoms with Gasteiger partial charge >= 0.3 is 12.1 Å². The summed E-state index contributed by atoms with van der Waals surface area (Å²) in [6.45, 7) is 0.784. The Balaban J connectivity index is 1.72. The van der Waals surface area contributed by atoms with Crippen molar-refractivity contribution in [2.24, 2.45) is 0 Å². The average Bonchev–Trinajstić information content (AvgIpc) is 2.69. The second-order valence-corrected chi connectivity index (χ2v) is 8.73. The minimum absolute atomic E-state index is 0.00744. The standard InChI is InChI=1S/C19H19F3N2O5S/c20-19(21,22)14-1-3-15(4-2-14)23-7-9-24(10-8-23)30(28,29)16-5-6-17(25)13(11-16)12-18(26)27/h1-6,11,25H,7-10,12H2,(H,26,27). The Kier molecular flexibility index (Phi) is 5.95. The van der Waals surface area contributed by atoms with Gasteiger partial charge in [0.05, 0.1) is 16.9 Å². The van der Waals surface area contributed by atoms with Crippen LogP contribution in [0.3, 0.4) is 0 Å². The number of phenols is 1. The summed E-state index contributed by atoms with van der Waals surface area (Å²) in [6.07, 6.45) is -4.94. The smallest absolute Gasteiger partial charge is 0.416 e. The van der Waals surface area contributed by atoms with E-state index in [1.807, 2.05) is 0 Å². The van der Waals surface area contributed by atoms with E-state index in [1.54, 1.807) is 4.90 Å². The number of carboxylic acid groups (broad SMARTS) is 1. The van der Waals surface area contributed by atoms with Gasteiger partial charge in [-0.15, -0.1) is 0 Å². The van der Waals surface area contributed by atoms with E-state index >= 15 is 0 Å². The van der Waals surface area contributed by atoms with Gasteiger partial charge in [0.25, 0.3) is 0 Å². The lowest BCUT2D eigenvalue weighted by Gasteiger charge is -2.35. The molecule has 0 aliphatic carbocycles. The average molecular weight is 444 g/mol. The number of aliphatic carboxylic acids is 1. The predicted octanol–water partition coefficient (Wildman–Crippen LogP) is 2.55. The van der Waals surface area contributed by atoms with Crippen LogP contribution >= 0.6 is 0 Å². The molecule has 7 nitrogen and oxygen atoms in total. The lowest BCUT2D eigenvalue weighted by molar-refractivity contribution is -0.138. The largest absolute Gasteiger partial charge is 0.508 e. The van der Waals surface area contributed by atoms with E-state index in [0.717, 1.165) is 24.3 Å². The summed E-state index contributed by atoms with van der Waals surface area (Å²) < 4.78 is 65.1. The van der Waals surface area contributed by atoms with Gasteiger partial charge in [0.2, 0.25) is 10.0 Å². The van der Waals surface area contributed by atoms with Crippen LogP contribution in [0.4, 0.5) is 18.9 Å². The molecule has 1 fully saturated rings. The minimum Gasteiger partial charge on any atom is -0.508 e. The molecule has 1 aliphatic rings. The number of nitrogens with zero attached hydrogens (tertiary/aromatic N) is 2. The number of hydrogen-bond acceptors (Lipinski definition) is 5. The van der Waals surface area contributed by atoms with E-state index in [0.29, 0.717) is 5.69 Å². The summed E-state index contributed by atoms with van der Waals surface area (Å²) in [5, 5.41) is 18.6. The molecule has 2 N–H and O–H groups in total.